The van der Waals surface area contributed by atoms with Crippen LogP contribution in [-0.2, 0) is 32.0 Å². The van der Waals surface area contributed by atoms with Gasteiger partial charge in [-0.05, 0) is 36.3 Å². The molecule has 2 amide bonds. The van der Waals surface area contributed by atoms with Crippen molar-refractivity contribution in [3.05, 3.63) is 71.8 Å². The highest BCUT2D eigenvalue weighted by Gasteiger charge is 2.38. The van der Waals surface area contributed by atoms with Gasteiger partial charge in [-0.25, -0.2) is 4.79 Å². The number of aryl methyl sites for hydroxylation is 1. The second-order valence-corrected chi connectivity index (χ2v) is 8.61. The molecule has 0 aliphatic carbocycles. The molecule has 178 valence electrons. The van der Waals surface area contributed by atoms with Gasteiger partial charge in [0.05, 0.1) is 7.11 Å². The van der Waals surface area contributed by atoms with Crippen molar-refractivity contribution in [3.8, 4) is 0 Å². The minimum atomic E-state index is -1.93. The fraction of sp³-hybridized carbons (Fsp3) is 0.423. The number of benzene rings is 2. The number of rotatable bonds is 12. The third-order valence-electron chi connectivity index (χ3n) is 5.21. The van der Waals surface area contributed by atoms with Crippen molar-refractivity contribution in [1.29, 1.82) is 0 Å². The molecule has 2 aromatic carbocycles. The van der Waals surface area contributed by atoms with E-state index in [0.717, 1.165) is 11.1 Å². The van der Waals surface area contributed by atoms with E-state index in [0.29, 0.717) is 18.2 Å². The maximum Gasteiger partial charge on any atom is 0.328 e. The topological polar surface area (TPSA) is 111 Å². The Kier molecular flexibility index (Phi) is 9.44. The SMILES string of the molecule is [2H]N(C(=O)CCCc1ccccc1)[C@@](N)(CC(C)C)C(=O)N[C@@H](Cc1ccccc1)C(=O)OC. The first kappa shape index (κ1) is 24.5. The van der Waals surface area contributed by atoms with Gasteiger partial charge >= 0.3 is 5.97 Å². The maximum absolute atomic E-state index is 13.3. The van der Waals surface area contributed by atoms with Gasteiger partial charge in [0.2, 0.25) is 5.91 Å². The molecule has 0 saturated heterocycles. The molecule has 2 aromatic rings. The number of methoxy groups -OCH3 is 1. The van der Waals surface area contributed by atoms with Crippen LogP contribution in [0.3, 0.4) is 0 Å². The molecule has 4 N–H and O–H groups in total. The third kappa shape index (κ3) is 8.69. The van der Waals surface area contributed by atoms with Crippen molar-refractivity contribution in [3.63, 3.8) is 0 Å². The normalized spacial score (nSPS) is 14.0. The maximum atomic E-state index is 13.3. The van der Waals surface area contributed by atoms with Crippen molar-refractivity contribution in [1.82, 2.24) is 10.6 Å². The van der Waals surface area contributed by atoms with Crippen LogP contribution in [0.2, 0.25) is 1.41 Å². The van der Waals surface area contributed by atoms with Gasteiger partial charge in [-0.2, -0.15) is 0 Å². The number of nitrogens with one attached hydrogen (secondary N) is 2. The number of ether oxygens (including phenoxy) is 1. The molecule has 33 heavy (non-hydrogen) atoms. The summed E-state index contributed by atoms with van der Waals surface area (Å²) in [7, 11) is 1.24. The third-order valence-corrected chi connectivity index (χ3v) is 5.21. The van der Waals surface area contributed by atoms with Crippen LogP contribution in [0.5, 0.6) is 0 Å². The molecule has 7 heteroatoms. The monoisotopic (exact) mass is 454 g/mol. The zero-order chi connectivity index (χ0) is 25.1. The second-order valence-electron chi connectivity index (χ2n) is 8.61. The molecule has 0 aliphatic heterocycles. The molecule has 2 rings (SSSR count). The van der Waals surface area contributed by atoms with Crippen LogP contribution in [0.4, 0.5) is 0 Å². The number of amides is 2. The van der Waals surface area contributed by atoms with Gasteiger partial charge in [0.15, 0.2) is 7.07 Å². The molecule has 0 heterocycles. The summed E-state index contributed by atoms with van der Waals surface area (Å²) in [5, 5.41) is 3.20. The summed E-state index contributed by atoms with van der Waals surface area (Å²) < 4.78 is 13.3. The lowest BCUT2D eigenvalue weighted by atomic mass is 9.95. The molecule has 0 saturated carbocycles. The van der Waals surface area contributed by atoms with Crippen molar-refractivity contribution in [2.75, 3.05) is 7.11 Å². The Hall–Kier alpha value is -3.19. The van der Waals surface area contributed by atoms with E-state index in [1.54, 1.807) is 0 Å². The van der Waals surface area contributed by atoms with Gasteiger partial charge < -0.3 is 21.1 Å². The van der Waals surface area contributed by atoms with Gasteiger partial charge in [0.25, 0.3) is 5.91 Å². The summed E-state index contributed by atoms with van der Waals surface area (Å²) in [4.78, 5) is 38.5. The Bertz CT molecular complexity index is 940. The first-order chi connectivity index (χ1) is 16.2. The van der Waals surface area contributed by atoms with Gasteiger partial charge in [-0.3, -0.25) is 9.59 Å². The van der Waals surface area contributed by atoms with E-state index < -0.39 is 29.5 Å². The lowest BCUT2D eigenvalue weighted by Crippen LogP contribution is -2.67. The minimum absolute atomic E-state index is 0.0615. The fourth-order valence-corrected chi connectivity index (χ4v) is 3.65. The number of hydrogen-bond acceptors (Lipinski definition) is 5. The Morgan fingerprint density at radius 2 is 1.61 bits per heavy atom. The molecule has 0 fully saturated rings. The van der Waals surface area contributed by atoms with E-state index in [2.05, 4.69) is 5.32 Å². The Morgan fingerprint density at radius 3 is 2.15 bits per heavy atom. The van der Waals surface area contributed by atoms with Crippen LogP contribution in [-0.4, -0.2) is 36.6 Å². The van der Waals surface area contributed by atoms with E-state index in [4.69, 9.17) is 11.9 Å². The Morgan fingerprint density at radius 1 is 1.03 bits per heavy atom. The standard InChI is InChI=1S/C26H35N3O4/c1-19(2)18-26(27,29-23(30)16-10-15-20-11-6-4-7-12-20)25(32)28-22(24(31)33-3)17-21-13-8-5-9-14-21/h4-9,11-14,19,22H,10,15-18,27H2,1-3H3,(H,28,32)(H,29,30)/t22-,26-/m0/s1/i/hD. The highest BCUT2D eigenvalue weighted by atomic mass is 16.5. The van der Waals surface area contributed by atoms with E-state index in [9.17, 15) is 14.4 Å². The lowest BCUT2D eigenvalue weighted by Gasteiger charge is -2.32. The summed E-state index contributed by atoms with van der Waals surface area (Å²) in [6, 6.07) is 17.9. The predicted octanol–water partition coefficient (Wildman–Crippen LogP) is 2.73. The quantitative estimate of drug-likeness (QED) is 0.337. The average Bonchev–Trinajstić information content (AvgIpc) is 2.83. The summed E-state index contributed by atoms with van der Waals surface area (Å²) in [6.07, 6.45) is 1.53. The number of hydrogen-bond donors (Lipinski definition) is 3. The van der Waals surface area contributed by atoms with Crippen LogP contribution in [0.1, 0.15) is 44.2 Å². The summed E-state index contributed by atoms with van der Waals surface area (Å²) in [6.45, 7) is 3.70. The lowest BCUT2D eigenvalue weighted by molar-refractivity contribution is -0.146. The molecular weight excluding hydrogens is 418 g/mol. The molecule has 0 spiro atoms. The van der Waals surface area contributed by atoms with Crippen molar-refractivity contribution in [2.24, 2.45) is 11.7 Å². The van der Waals surface area contributed by atoms with Gasteiger partial charge in [-0.15, -0.1) is 0 Å². The van der Waals surface area contributed by atoms with Crippen LogP contribution in [0.15, 0.2) is 60.7 Å². The van der Waals surface area contributed by atoms with Gasteiger partial charge in [-0.1, -0.05) is 74.5 Å². The molecule has 2 atom stereocenters. The first-order valence-electron chi connectivity index (χ1n) is 11.7. The second kappa shape index (κ2) is 12.7. The van der Waals surface area contributed by atoms with Crippen LogP contribution >= 0.6 is 0 Å². The number of esters is 1. The molecule has 0 bridgehead atoms. The first-order valence-corrected chi connectivity index (χ1v) is 11.2. The van der Waals surface area contributed by atoms with Crippen molar-refractivity contribution < 1.29 is 20.5 Å². The van der Waals surface area contributed by atoms with E-state index in [1.165, 1.54) is 7.11 Å². The zero-order valence-electron chi connectivity index (χ0n) is 20.6. The van der Waals surface area contributed by atoms with Crippen LogP contribution in [0.25, 0.3) is 0 Å². The fourth-order valence-electron chi connectivity index (χ4n) is 3.65. The summed E-state index contributed by atoms with van der Waals surface area (Å²) >= 11 is 0. The minimum Gasteiger partial charge on any atom is -0.467 e. The molecule has 0 aromatic heterocycles. The Labute approximate surface area is 197 Å². The van der Waals surface area contributed by atoms with Crippen molar-refractivity contribution in [2.45, 2.75) is 57.7 Å². The average molecular weight is 455 g/mol. The molecule has 0 aliphatic rings. The van der Waals surface area contributed by atoms with Gasteiger partial charge in [0, 0.05) is 12.8 Å². The summed E-state index contributed by atoms with van der Waals surface area (Å²) in [5.41, 5.74) is 6.39. The largest absolute Gasteiger partial charge is 0.467 e. The zero-order valence-corrected chi connectivity index (χ0v) is 19.6. The highest BCUT2D eigenvalue weighted by molar-refractivity contribution is 5.93. The van der Waals surface area contributed by atoms with E-state index in [1.807, 2.05) is 74.5 Å². The number of carbonyl (C=O) groups excluding carboxylic acids is 3. The molecule has 0 unspecified atom stereocenters. The Balaban J connectivity index is 2.13. The smallest absolute Gasteiger partial charge is 0.328 e. The van der Waals surface area contributed by atoms with Crippen LogP contribution < -0.4 is 16.4 Å². The van der Waals surface area contributed by atoms with E-state index in [-0.39, 0.29) is 25.2 Å². The molecule has 7 nitrogen and oxygen atoms in total. The van der Waals surface area contributed by atoms with Crippen LogP contribution in [0, 0.1) is 5.92 Å². The number of carbonyl (C=O) groups is 3. The van der Waals surface area contributed by atoms with Crippen molar-refractivity contribution >= 4 is 17.8 Å². The molecule has 0 radical (unpaired) electrons. The highest BCUT2D eigenvalue weighted by Crippen LogP contribution is 2.15. The summed E-state index contributed by atoms with van der Waals surface area (Å²) in [5.74, 6) is -2.02. The van der Waals surface area contributed by atoms with E-state index >= 15 is 0 Å². The molecular formula is C26H35N3O4. The van der Waals surface area contributed by atoms with Gasteiger partial charge in [0.1, 0.15) is 6.04 Å². The number of nitrogens with two attached hydrogens (primary N) is 1. The predicted molar refractivity (Wildman–Crippen MR) is 128 cm³/mol.